The van der Waals surface area contributed by atoms with E-state index >= 15 is 0 Å². The van der Waals surface area contributed by atoms with Crippen LogP contribution in [0.25, 0.3) is 0 Å². The van der Waals surface area contributed by atoms with E-state index < -0.39 is 11.7 Å². The Kier molecular flexibility index (Phi) is 4.51. The first-order chi connectivity index (χ1) is 12.5. The summed E-state index contributed by atoms with van der Waals surface area (Å²) in [6, 6.07) is 14.2. The number of nitrogens with one attached hydrogen (secondary N) is 2. The number of ether oxygens (including phenoxy) is 2. The van der Waals surface area contributed by atoms with Gasteiger partial charge >= 0.3 is 0 Å². The minimum atomic E-state index is -0.673. The van der Waals surface area contributed by atoms with E-state index in [1.54, 1.807) is 0 Å². The highest BCUT2D eigenvalue weighted by Gasteiger charge is 2.43. The standard InChI is InChI=1S/C21H26N2O3/c1-21(2)20(24)19(23-9-8-14-6-4-3-5-7-14)15-12-16-18(13-17(15)26-21)25-11-10-22-16/h3-7,12-13,19-20,22-24H,8-11H2,1-2H3/t19-,20+/m1/s1. The molecular formula is C21H26N2O3. The van der Waals surface area contributed by atoms with E-state index in [1.807, 2.05) is 32.0 Å². The van der Waals surface area contributed by atoms with Gasteiger partial charge in [-0.3, -0.25) is 0 Å². The summed E-state index contributed by atoms with van der Waals surface area (Å²) in [6.07, 6.45) is 0.265. The fraction of sp³-hybridized carbons (Fsp3) is 0.429. The second-order valence-electron chi connectivity index (χ2n) is 7.48. The fourth-order valence-corrected chi connectivity index (χ4v) is 3.67. The van der Waals surface area contributed by atoms with Gasteiger partial charge in [-0.25, -0.2) is 0 Å². The Bertz CT molecular complexity index is 776. The van der Waals surface area contributed by atoms with Crippen molar-refractivity contribution >= 4 is 5.69 Å². The van der Waals surface area contributed by atoms with E-state index in [0.717, 1.165) is 42.3 Å². The smallest absolute Gasteiger partial charge is 0.146 e. The molecule has 0 radical (unpaired) electrons. The van der Waals surface area contributed by atoms with Gasteiger partial charge in [-0.05, 0) is 38.4 Å². The normalized spacial score (nSPS) is 23.0. The van der Waals surface area contributed by atoms with Crippen molar-refractivity contribution < 1.29 is 14.6 Å². The third-order valence-corrected chi connectivity index (χ3v) is 5.14. The Balaban J connectivity index is 1.58. The SMILES string of the molecule is CC1(C)Oc2cc3c(cc2[C@@H](NCCc2ccccc2)[C@@H]1O)NCCO3. The summed E-state index contributed by atoms with van der Waals surface area (Å²) in [5, 5.41) is 17.8. The van der Waals surface area contributed by atoms with E-state index in [-0.39, 0.29) is 6.04 Å². The van der Waals surface area contributed by atoms with Gasteiger partial charge in [0.25, 0.3) is 0 Å². The molecule has 5 nitrogen and oxygen atoms in total. The van der Waals surface area contributed by atoms with Crippen molar-refractivity contribution in [2.75, 3.05) is 25.0 Å². The van der Waals surface area contributed by atoms with Crippen molar-refractivity contribution in [2.24, 2.45) is 0 Å². The maximum Gasteiger partial charge on any atom is 0.146 e. The molecule has 138 valence electrons. The van der Waals surface area contributed by atoms with Gasteiger partial charge < -0.3 is 25.2 Å². The van der Waals surface area contributed by atoms with Gasteiger partial charge in [0.05, 0.1) is 11.7 Å². The molecule has 0 saturated heterocycles. The van der Waals surface area contributed by atoms with Gasteiger partial charge in [-0.15, -0.1) is 0 Å². The van der Waals surface area contributed by atoms with Crippen LogP contribution in [-0.4, -0.2) is 36.5 Å². The lowest BCUT2D eigenvalue weighted by atomic mass is 9.86. The van der Waals surface area contributed by atoms with Crippen molar-refractivity contribution in [2.45, 2.75) is 38.0 Å². The average molecular weight is 354 g/mol. The monoisotopic (exact) mass is 354 g/mol. The Hall–Kier alpha value is -2.24. The maximum absolute atomic E-state index is 10.9. The molecule has 2 aromatic rings. The van der Waals surface area contributed by atoms with Gasteiger partial charge in [0.1, 0.15) is 29.8 Å². The zero-order valence-corrected chi connectivity index (χ0v) is 15.3. The van der Waals surface area contributed by atoms with E-state index in [4.69, 9.17) is 9.47 Å². The molecule has 2 aromatic carbocycles. The molecule has 0 spiro atoms. The molecule has 0 aromatic heterocycles. The number of hydrogen-bond donors (Lipinski definition) is 3. The zero-order chi connectivity index (χ0) is 18.1. The predicted molar refractivity (Wildman–Crippen MR) is 102 cm³/mol. The van der Waals surface area contributed by atoms with Gasteiger partial charge in [-0.1, -0.05) is 30.3 Å². The third-order valence-electron chi connectivity index (χ3n) is 5.14. The van der Waals surface area contributed by atoms with Gasteiger partial charge in [-0.2, -0.15) is 0 Å². The molecule has 4 rings (SSSR count). The van der Waals surface area contributed by atoms with Crippen LogP contribution in [0.4, 0.5) is 5.69 Å². The summed E-state index contributed by atoms with van der Waals surface area (Å²) >= 11 is 0. The van der Waals surface area contributed by atoms with E-state index in [1.165, 1.54) is 5.56 Å². The van der Waals surface area contributed by atoms with Crippen LogP contribution in [0.5, 0.6) is 11.5 Å². The van der Waals surface area contributed by atoms with Gasteiger partial charge in [0.15, 0.2) is 0 Å². The number of anilines is 1. The summed E-state index contributed by atoms with van der Waals surface area (Å²) < 4.78 is 11.8. The molecule has 2 heterocycles. The number of benzene rings is 2. The predicted octanol–water partition coefficient (Wildman–Crippen LogP) is 2.90. The van der Waals surface area contributed by atoms with Gasteiger partial charge in [0.2, 0.25) is 0 Å². The molecular weight excluding hydrogens is 328 g/mol. The maximum atomic E-state index is 10.9. The number of fused-ring (bicyclic) bond motifs is 2. The lowest BCUT2D eigenvalue weighted by Crippen LogP contribution is -2.52. The first-order valence-corrected chi connectivity index (χ1v) is 9.23. The molecule has 0 bridgehead atoms. The summed E-state index contributed by atoms with van der Waals surface area (Å²) in [4.78, 5) is 0. The first kappa shape index (κ1) is 17.2. The lowest BCUT2D eigenvalue weighted by molar-refractivity contribution is -0.0645. The zero-order valence-electron chi connectivity index (χ0n) is 15.3. The average Bonchev–Trinajstić information content (AvgIpc) is 2.64. The molecule has 0 fully saturated rings. The van der Waals surface area contributed by atoms with E-state index in [2.05, 4.69) is 34.9 Å². The highest BCUT2D eigenvalue weighted by Crippen LogP contribution is 2.45. The Labute approximate surface area is 154 Å². The second kappa shape index (κ2) is 6.82. The van der Waals surface area contributed by atoms with Crippen LogP contribution in [0.1, 0.15) is 31.0 Å². The third kappa shape index (κ3) is 3.24. The molecule has 5 heteroatoms. The van der Waals surface area contributed by atoms with Crippen LogP contribution in [-0.2, 0) is 6.42 Å². The number of aliphatic hydroxyl groups is 1. The van der Waals surface area contributed by atoms with Crippen molar-refractivity contribution in [3.8, 4) is 11.5 Å². The number of hydrogen-bond acceptors (Lipinski definition) is 5. The highest BCUT2D eigenvalue weighted by atomic mass is 16.5. The topological polar surface area (TPSA) is 62.8 Å². The summed E-state index contributed by atoms with van der Waals surface area (Å²) in [5.41, 5.74) is 2.54. The van der Waals surface area contributed by atoms with Crippen molar-refractivity contribution in [3.63, 3.8) is 0 Å². The van der Waals surface area contributed by atoms with Crippen LogP contribution in [0, 0.1) is 0 Å². The largest absolute Gasteiger partial charge is 0.489 e. The molecule has 26 heavy (non-hydrogen) atoms. The van der Waals surface area contributed by atoms with Crippen LogP contribution in [0.3, 0.4) is 0 Å². The molecule has 0 aliphatic carbocycles. The fourth-order valence-electron chi connectivity index (χ4n) is 3.67. The molecule has 0 saturated carbocycles. The van der Waals surface area contributed by atoms with E-state index in [9.17, 15) is 5.11 Å². The van der Waals surface area contributed by atoms with Crippen molar-refractivity contribution in [1.29, 1.82) is 0 Å². The number of aliphatic hydroxyl groups excluding tert-OH is 1. The molecule has 0 unspecified atom stereocenters. The van der Waals surface area contributed by atoms with Crippen LogP contribution >= 0.6 is 0 Å². The molecule has 2 aliphatic rings. The Morgan fingerprint density at radius 2 is 2.00 bits per heavy atom. The minimum Gasteiger partial charge on any atom is -0.489 e. The van der Waals surface area contributed by atoms with Crippen molar-refractivity contribution in [3.05, 3.63) is 53.6 Å². The quantitative estimate of drug-likeness (QED) is 0.788. The van der Waals surface area contributed by atoms with Crippen LogP contribution in [0.2, 0.25) is 0 Å². The van der Waals surface area contributed by atoms with Crippen molar-refractivity contribution in [1.82, 2.24) is 5.32 Å². The number of rotatable bonds is 4. The molecule has 2 atom stereocenters. The summed E-state index contributed by atoms with van der Waals surface area (Å²) in [5.74, 6) is 1.59. The highest BCUT2D eigenvalue weighted by molar-refractivity contribution is 5.64. The second-order valence-corrected chi connectivity index (χ2v) is 7.48. The lowest BCUT2D eigenvalue weighted by Gasteiger charge is -2.43. The summed E-state index contributed by atoms with van der Waals surface area (Å²) in [7, 11) is 0. The molecule has 3 N–H and O–H groups in total. The van der Waals surface area contributed by atoms with Crippen LogP contribution in [0.15, 0.2) is 42.5 Å². The summed E-state index contributed by atoms with van der Waals surface area (Å²) in [6.45, 7) is 6.06. The van der Waals surface area contributed by atoms with Gasteiger partial charge in [0, 0.05) is 18.2 Å². The van der Waals surface area contributed by atoms with E-state index in [0.29, 0.717) is 6.61 Å². The molecule has 0 amide bonds. The minimum absolute atomic E-state index is 0.188. The first-order valence-electron chi connectivity index (χ1n) is 9.23. The molecule has 2 aliphatic heterocycles. The van der Waals surface area contributed by atoms with Crippen LogP contribution < -0.4 is 20.1 Å². The Morgan fingerprint density at radius 3 is 2.81 bits per heavy atom. The Morgan fingerprint density at radius 1 is 1.19 bits per heavy atom.